The first-order valence-corrected chi connectivity index (χ1v) is 12.8. The fraction of sp³-hybridized carbons (Fsp3) is 0.583. The number of aromatic nitrogens is 1. The molecular weight excluding hydrogens is 440 g/mol. The topological polar surface area (TPSA) is 69.3 Å². The van der Waals surface area contributed by atoms with Crippen molar-refractivity contribution in [3.05, 3.63) is 31.9 Å². The summed E-state index contributed by atoms with van der Waals surface area (Å²) in [6.45, 7) is 10.2. The van der Waals surface area contributed by atoms with Crippen LogP contribution in [0.4, 0.5) is 5.82 Å². The summed E-state index contributed by atoms with van der Waals surface area (Å²) in [5, 5.41) is 9.78. The van der Waals surface area contributed by atoms with Gasteiger partial charge in [-0.05, 0) is 57.6 Å². The Hall–Kier alpha value is -2.11. The molecule has 172 valence electrons. The molecule has 2 fully saturated rings. The Morgan fingerprint density at radius 2 is 1.91 bits per heavy atom. The fourth-order valence-corrected chi connectivity index (χ4v) is 5.73. The Morgan fingerprint density at radius 1 is 1.22 bits per heavy atom. The third-order valence-corrected chi connectivity index (χ3v) is 7.70. The monoisotopic (exact) mass is 472 g/mol. The second kappa shape index (κ2) is 10.7. The molecule has 1 atom stereocenters. The first-order chi connectivity index (χ1) is 15.3. The van der Waals surface area contributed by atoms with Crippen molar-refractivity contribution < 1.29 is 4.79 Å². The molecule has 1 aromatic heterocycles. The molecule has 2 aliphatic rings. The van der Waals surface area contributed by atoms with Crippen LogP contribution in [0.5, 0.6) is 0 Å². The van der Waals surface area contributed by atoms with Crippen LogP contribution in [0.25, 0.3) is 6.08 Å². The van der Waals surface area contributed by atoms with Crippen LogP contribution in [-0.2, 0) is 11.3 Å². The predicted octanol–water partition coefficient (Wildman–Crippen LogP) is 4.82. The molecule has 1 aromatic rings. The normalized spacial score (nSPS) is 19.0. The van der Waals surface area contributed by atoms with Crippen LogP contribution in [-0.4, -0.2) is 38.8 Å². The van der Waals surface area contributed by atoms with Crippen LogP contribution in [0.2, 0.25) is 0 Å². The summed E-state index contributed by atoms with van der Waals surface area (Å²) in [6.07, 6.45) is 7.79. The van der Waals surface area contributed by atoms with Gasteiger partial charge in [0, 0.05) is 31.2 Å². The average molecular weight is 473 g/mol. The number of hydrogen-bond acceptors (Lipinski definition) is 6. The number of anilines is 1. The van der Waals surface area contributed by atoms with Crippen molar-refractivity contribution in [1.29, 1.82) is 5.26 Å². The minimum Gasteiger partial charge on any atom is -0.357 e. The summed E-state index contributed by atoms with van der Waals surface area (Å²) < 4.78 is 2.33. The van der Waals surface area contributed by atoms with Crippen molar-refractivity contribution in [3.63, 3.8) is 0 Å². The number of pyridine rings is 1. The summed E-state index contributed by atoms with van der Waals surface area (Å²) in [6, 6.07) is 2.15. The van der Waals surface area contributed by atoms with Crippen molar-refractivity contribution in [2.45, 2.75) is 78.8 Å². The molecule has 0 spiro atoms. The highest BCUT2D eigenvalue weighted by atomic mass is 32.2. The molecule has 8 heteroatoms. The number of nitrogens with zero attached hydrogens (tertiary/aromatic N) is 4. The van der Waals surface area contributed by atoms with Crippen LogP contribution in [0, 0.1) is 18.3 Å². The van der Waals surface area contributed by atoms with E-state index in [-0.39, 0.29) is 23.1 Å². The van der Waals surface area contributed by atoms with Gasteiger partial charge < -0.3 is 4.90 Å². The highest BCUT2D eigenvalue weighted by Crippen LogP contribution is 2.37. The van der Waals surface area contributed by atoms with Crippen LogP contribution >= 0.6 is 24.0 Å². The zero-order valence-electron chi connectivity index (χ0n) is 19.4. The summed E-state index contributed by atoms with van der Waals surface area (Å²) in [4.78, 5) is 31.0. The second-order valence-electron chi connectivity index (χ2n) is 8.52. The van der Waals surface area contributed by atoms with E-state index in [1.54, 1.807) is 9.47 Å². The van der Waals surface area contributed by atoms with E-state index in [1.807, 2.05) is 26.8 Å². The molecule has 1 amide bonds. The molecule has 6 nitrogen and oxygen atoms in total. The minimum atomic E-state index is -0.233. The lowest BCUT2D eigenvalue weighted by Crippen LogP contribution is -2.37. The highest BCUT2D eigenvalue weighted by Gasteiger charge is 2.35. The molecule has 1 unspecified atom stereocenters. The van der Waals surface area contributed by atoms with E-state index in [1.165, 1.54) is 18.2 Å². The molecule has 2 saturated heterocycles. The summed E-state index contributed by atoms with van der Waals surface area (Å²) >= 11 is 6.81. The van der Waals surface area contributed by atoms with Crippen molar-refractivity contribution in [1.82, 2.24) is 9.47 Å². The Morgan fingerprint density at radius 3 is 2.50 bits per heavy atom. The fourth-order valence-electron chi connectivity index (χ4n) is 4.29. The predicted molar refractivity (Wildman–Crippen MR) is 136 cm³/mol. The molecule has 3 rings (SSSR count). The molecule has 32 heavy (non-hydrogen) atoms. The number of carbonyl (C=O) groups is 1. The number of carbonyl (C=O) groups excluding carboxylic acids is 1. The largest absolute Gasteiger partial charge is 0.357 e. The van der Waals surface area contributed by atoms with Crippen molar-refractivity contribution in [2.24, 2.45) is 0 Å². The minimum absolute atomic E-state index is 0.0317. The number of thiocarbonyl (C=S) groups is 1. The average Bonchev–Trinajstić information content (AvgIpc) is 3.07. The molecule has 0 aliphatic carbocycles. The molecular formula is C24H32N4O2S2. The van der Waals surface area contributed by atoms with E-state index >= 15 is 0 Å². The van der Waals surface area contributed by atoms with Crippen LogP contribution in [0.1, 0.15) is 76.0 Å². The van der Waals surface area contributed by atoms with Crippen molar-refractivity contribution >= 4 is 46.1 Å². The lowest BCUT2D eigenvalue weighted by atomic mass is 10.0. The van der Waals surface area contributed by atoms with Gasteiger partial charge >= 0.3 is 0 Å². The first kappa shape index (κ1) is 24.5. The number of thioether (sulfide) groups is 1. The van der Waals surface area contributed by atoms with E-state index in [0.717, 1.165) is 56.6 Å². The number of piperidine rings is 1. The van der Waals surface area contributed by atoms with E-state index in [0.29, 0.717) is 21.3 Å². The molecule has 0 aromatic carbocycles. The van der Waals surface area contributed by atoms with Gasteiger partial charge in [-0.15, -0.1) is 0 Å². The Balaban J connectivity index is 2.23. The van der Waals surface area contributed by atoms with E-state index in [9.17, 15) is 14.9 Å². The third-order valence-electron chi connectivity index (χ3n) is 6.37. The van der Waals surface area contributed by atoms with Crippen LogP contribution in [0.3, 0.4) is 0 Å². The second-order valence-corrected chi connectivity index (χ2v) is 10.2. The van der Waals surface area contributed by atoms with E-state index in [4.69, 9.17) is 12.2 Å². The lowest BCUT2D eigenvalue weighted by Gasteiger charge is -2.33. The number of nitriles is 1. The SMILES string of the molecule is CCCCn1c(N2CCCCC2)c(/C=C2\SC(=S)N(C(C)CC)C2=O)c(C)c(C#N)c1=O. The zero-order valence-corrected chi connectivity index (χ0v) is 21.1. The first-order valence-electron chi connectivity index (χ1n) is 11.5. The van der Waals surface area contributed by atoms with Gasteiger partial charge in [-0.2, -0.15) is 5.26 Å². The third kappa shape index (κ3) is 4.65. The Bertz CT molecular complexity index is 1030. The van der Waals surface area contributed by atoms with Gasteiger partial charge in [-0.1, -0.05) is 44.2 Å². The van der Waals surface area contributed by atoms with Crippen LogP contribution in [0.15, 0.2) is 9.70 Å². The quantitative estimate of drug-likeness (QED) is 0.419. The van der Waals surface area contributed by atoms with Crippen LogP contribution < -0.4 is 10.5 Å². The highest BCUT2D eigenvalue weighted by molar-refractivity contribution is 8.26. The maximum atomic E-state index is 13.3. The molecule has 0 radical (unpaired) electrons. The maximum absolute atomic E-state index is 13.3. The van der Waals surface area contributed by atoms with Gasteiger partial charge in [-0.25, -0.2) is 0 Å². The van der Waals surface area contributed by atoms with Gasteiger partial charge in [0.05, 0.1) is 4.91 Å². The van der Waals surface area contributed by atoms with Gasteiger partial charge in [0.2, 0.25) is 0 Å². The van der Waals surface area contributed by atoms with Gasteiger partial charge in [0.25, 0.3) is 11.5 Å². The Kier molecular flexibility index (Phi) is 8.18. The summed E-state index contributed by atoms with van der Waals surface area (Å²) in [5.74, 6) is 0.747. The summed E-state index contributed by atoms with van der Waals surface area (Å²) in [5.41, 5.74) is 1.36. The Labute approximate surface area is 200 Å². The maximum Gasteiger partial charge on any atom is 0.270 e. The number of rotatable bonds is 7. The molecule has 0 saturated carbocycles. The molecule has 3 heterocycles. The van der Waals surface area contributed by atoms with Crippen molar-refractivity contribution in [2.75, 3.05) is 18.0 Å². The van der Waals surface area contributed by atoms with Crippen molar-refractivity contribution in [3.8, 4) is 6.07 Å². The molecule has 0 N–H and O–H groups in total. The number of unbranched alkanes of at least 4 members (excludes halogenated alkanes) is 1. The zero-order chi connectivity index (χ0) is 23.4. The van der Waals surface area contributed by atoms with E-state index in [2.05, 4.69) is 17.9 Å². The smallest absolute Gasteiger partial charge is 0.270 e. The molecule has 2 aliphatic heterocycles. The van der Waals surface area contributed by atoms with Gasteiger partial charge in [0.15, 0.2) is 0 Å². The van der Waals surface area contributed by atoms with Gasteiger partial charge in [-0.3, -0.25) is 19.1 Å². The molecule has 0 bridgehead atoms. The number of amides is 1. The standard InChI is InChI=1S/C24H32N4O2S2/c1-5-7-13-27-21(26-11-9-8-10-12-26)18(17(4)19(15-25)22(27)29)14-20-23(30)28(16(3)6-2)24(31)32-20/h14,16H,5-13H2,1-4H3/b20-14-. The summed E-state index contributed by atoms with van der Waals surface area (Å²) in [7, 11) is 0. The van der Waals surface area contributed by atoms with Gasteiger partial charge in [0.1, 0.15) is 21.8 Å². The lowest BCUT2D eigenvalue weighted by molar-refractivity contribution is -0.123. The van der Waals surface area contributed by atoms with E-state index < -0.39 is 0 Å². The number of hydrogen-bond donors (Lipinski definition) is 0.